The zero-order valence-corrected chi connectivity index (χ0v) is 17.3. The van der Waals surface area contributed by atoms with E-state index in [0.29, 0.717) is 25.2 Å². The standard InChI is InChI=1S/C23H29N3O3/c1-16-6-4-5-7-20(16)12-25-22(27)13-24-21-10-8-19(9-11-21)23(28)26-14-17(2)29-18(3)15-26/h4-11,17-18,24H,12-15H2,1-3H3,(H,25,27). The molecule has 2 atom stereocenters. The average molecular weight is 396 g/mol. The van der Waals surface area contributed by atoms with Gasteiger partial charge in [-0.25, -0.2) is 0 Å². The second kappa shape index (κ2) is 9.56. The second-order valence-electron chi connectivity index (χ2n) is 7.60. The largest absolute Gasteiger partial charge is 0.376 e. The topological polar surface area (TPSA) is 70.7 Å². The lowest BCUT2D eigenvalue weighted by Crippen LogP contribution is -2.48. The summed E-state index contributed by atoms with van der Waals surface area (Å²) in [6, 6.07) is 15.2. The smallest absolute Gasteiger partial charge is 0.254 e. The summed E-state index contributed by atoms with van der Waals surface area (Å²) in [6.07, 6.45) is 0.0867. The first-order chi connectivity index (χ1) is 13.9. The fourth-order valence-corrected chi connectivity index (χ4v) is 3.50. The van der Waals surface area contributed by atoms with Crippen molar-refractivity contribution in [1.82, 2.24) is 10.2 Å². The Balaban J connectivity index is 1.48. The van der Waals surface area contributed by atoms with Gasteiger partial charge >= 0.3 is 0 Å². The molecule has 0 aromatic heterocycles. The Hall–Kier alpha value is -2.86. The highest BCUT2D eigenvalue weighted by Gasteiger charge is 2.26. The predicted octanol–water partition coefficient (Wildman–Crippen LogP) is 2.97. The summed E-state index contributed by atoms with van der Waals surface area (Å²) in [5, 5.41) is 6.01. The van der Waals surface area contributed by atoms with Crippen molar-refractivity contribution in [2.75, 3.05) is 25.0 Å². The number of ether oxygens (including phenoxy) is 1. The number of rotatable bonds is 6. The first-order valence-corrected chi connectivity index (χ1v) is 10.0. The Morgan fingerprint density at radius 3 is 2.34 bits per heavy atom. The molecule has 2 N–H and O–H groups in total. The molecule has 0 spiro atoms. The highest BCUT2D eigenvalue weighted by atomic mass is 16.5. The Kier molecular flexibility index (Phi) is 6.88. The van der Waals surface area contributed by atoms with Crippen molar-refractivity contribution in [1.29, 1.82) is 0 Å². The van der Waals surface area contributed by atoms with Gasteiger partial charge in [-0.05, 0) is 56.2 Å². The van der Waals surface area contributed by atoms with Crippen LogP contribution in [0.1, 0.15) is 35.3 Å². The molecule has 0 aliphatic carbocycles. The van der Waals surface area contributed by atoms with Gasteiger partial charge in [-0.2, -0.15) is 0 Å². The number of amides is 2. The van der Waals surface area contributed by atoms with Crippen molar-refractivity contribution >= 4 is 17.5 Å². The number of anilines is 1. The van der Waals surface area contributed by atoms with Gasteiger partial charge in [0, 0.05) is 30.9 Å². The number of carbonyl (C=O) groups excluding carboxylic acids is 2. The lowest BCUT2D eigenvalue weighted by molar-refractivity contribution is -0.119. The number of aryl methyl sites for hydroxylation is 1. The summed E-state index contributed by atoms with van der Waals surface area (Å²) >= 11 is 0. The Labute approximate surface area is 172 Å². The van der Waals surface area contributed by atoms with Crippen LogP contribution in [0.25, 0.3) is 0 Å². The number of benzene rings is 2. The molecular formula is C23H29N3O3. The monoisotopic (exact) mass is 395 g/mol. The van der Waals surface area contributed by atoms with Crippen molar-refractivity contribution in [3.63, 3.8) is 0 Å². The van der Waals surface area contributed by atoms with Crippen LogP contribution in [-0.2, 0) is 16.1 Å². The third kappa shape index (κ3) is 5.81. The molecule has 154 valence electrons. The number of hydrogen-bond acceptors (Lipinski definition) is 4. The highest BCUT2D eigenvalue weighted by molar-refractivity contribution is 5.94. The minimum atomic E-state index is -0.0790. The summed E-state index contributed by atoms with van der Waals surface area (Å²) in [4.78, 5) is 26.6. The lowest BCUT2D eigenvalue weighted by Gasteiger charge is -2.35. The molecule has 3 rings (SSSR count). The Morgan fingerprint density at radius 1 is 1.03 bits per heavy atom. The highest BCUT2D eigenvalue weighted by Crippen LogP contribution is 2.16. The molecule has 6 heteroatoms. The molecule has 1 heterocycles. The van der Waals surface area contributed by atoms with Crippen molar-refractivity contribution in [2.24, 2.45) is 0 Å². The van der Waals surface area contributed by atoms with Crippen LogP contribution >= 0.6 is 0 Å². The SMILES string of the molecule is Cc1ccccc1CNC(=O)CNc1ccc(C(=O)N2CC(C)OC(C)C2)cc1. The Bertz CT molecular complexity index is 841. The molecule has 6 nitrogen and oxygen atoms in total. The molecule has 1 aliphatic heterocycles. The first kappa shape index (κ1) is 20.9. The predicted molar refractivity (Wildman–Crippen MR) is 114 cm³/mol. The number of nitrogens with one attached hydrogen (secondary N) is 2. The van der Waals surface area contributed by atoms with E-state index >= 15 is 0 Å². The van der Waals surface area contributed by atoms with Gasteiger partial charge in [0.05, 0.1) is 18.8 Å². The van der Waals surface area contributed by atoms with Crippen LogP contribution in [0.3, 0.4) is 0 Å². The minimum absolute atomic E-state index is 0.00882. The fraction of sp³-hybridized carbons (Fsp3) is 0.391. The first-order valence-electron chi connectivity index (χ1n) is 10.0. The van der Waals surface area contributed by atoms with Crippen molar-refractivity contribution in [3.05, 3.63) is 65.2 Å². The van der Waals surface area contributed by atoms with E-state index in [-0.39, 0.29) is 30.6 Å². The van der Waals surface area contributed by atoms with Crippen LogP contribution in [0, 0.1) is 6.92 Å². The number of hydrogen-bond donors (Lipinski definition) is 2. The van der Waals surface area contributed by atoms with Crippen molar-refractivity contribution < 1.29 is 14.3 Å². The Morgan fingerprint density at radius 2 is 1.69 bits per heavy atom. The van der Waals surface area contributed by atoms with Gasteiger partial charge in [-0.15, -0.1) is 0 Å². The van der Waals surface area contributed by atoms with Crippen LogP contribution in [0.15, 0.2) is 48.5 Å². The molecule has 1 aliphatic rings. The summed E-state index contributed by atoms with van der Waals surface area (Å²) in [5.41, 5.74) is 3.71. The third-order valence-electron chi connectivity index (χ3n) is 5.03. The molecule has 1 fully saturated rings. The van der Waals surface area contributed by atoms with Crippen LogP contribution < -0.4 is 10.6 Å². The number of carbonyl (C=O) groups is 2. The molecule has 1 saturated heterocycles. The van der Waals surface area contributed by atoms with Gasteiger partial charge in [-0.1, -0.05) is 24.3 Å². The number of nitrogens with zero attached hydrogens (tertiary/aromatic N) is 1. The van der Waals surface area contributed by atoms with Gasteiger partial charge in [0.2, 0.25) is 5.91 Å². The van der Waals surface area contributed by atoms with E-state index in [4.69, 9.17) is 4.74 Å². The van der Waals surface area contributed by atoms with E-state index in [9.17, 15) is 9.59 Å². The van der Waals surface area contributed by atoms with Crippen LogP contribution in [0.4, 0.5) is 5.69 Å². The van der Waals surface area contributed by atoms with E-state index in [1.807, 2.05) is 62.1 Å². The molecule has 2 amide bonds. The minimum Gasteiger partial charge on any atom is -0.376 e. The van der Waals surface area contributed by atoms with Crippen LogP contribution in [0.2, 0.25) is 0 Å². The summed E-state index contributed by atoms with van der Waals surface area (Å²) < 4.78 is 5.69. The molecule has 2 aromatic rings. The van der Waals surface area contributed by atoms with Gasteiger partial charge in [0.15, 0.2) is 0 Å². The third-order valence-corrected chi connectivity index (χ3v) is 5.03. The lowest BCUT2D eigenvalue weighted by atomic mass is 10.1. The van der Waals surface area contributed by atoms with Gasteiger partial charge in [0.1, 0.15) is 0 Å². The van der Waals surface area contributed by atoms with Gasteiger partial charge < -0.3 is 20.3 Å². The zero-order chi connectivity index (χ0) is 20.8. The molecular weight excluding hydrogens is 366 g/mol. The maximum Gasteiger partial charge on any atom is 0.254 e. The molecule has 29 heavy (non-hydrogen) atoms. The molecule has 2 aromatic carbocycles. The van der Waals surface area contributed by atoms with E-state index < -0.39 is 0 Å². The summed E-state index contributed by atoms with van der Waals surface area (Å²) in [7, 11) is 0. The van der Waals surface area contributed by atoms with E-state index in [2.05, 4.69) is 10.6 Å². The molecule has 0 saturated carbocycles. The van der Waals surface area contributed by atoms with Crippen molar-refractivity contribution in [2.45, 2.75) is 39.5 Å². The normalized spacial score (nSPS) is 18.9. The van der Waals surface area contributed by atoms with Gasteiger partial charge in [0.25, 0.3) is 5.91 Å². The van der Waals surface area contributed by atoms with E-state index in [0.717, 1.165) is 16.8 Å². The average Bonchev–Trinajstić information content (AvgIpc) is 2.71. The fourth-order valence-electron chi connectivity index (χ4n) is 3.50. The molecule has 0 bridgehead atoms. The van der Waals surface area contributed by atoms with Crippen LogP contribution in [0.5, 0.6) is 0 Å². The quantitative estimate of drug-likeness (QED) is 0.789. The zero-order valence-electron chi connectivity index (χ0n) is 17.3. The molecule has 0 radical (unpaired) electrons. The van der Waals surface area contributed by atoms with Crippen LogP contribution in [-0.4, -0.2) is 48.6 Å². The maximum atomic E-state index is 12.7. The van der Waals surface area contributed by atoms with Gasteiger partial charge in [-0.3, -0.25) is 9.59 Å². The van der Waals surface area contributed by atoms with Crippen molar-refractivity contribution in [3.8, 4) is 0 Å². The molecule has 2 unspecified atom stereocenters. The van der Waals surface area contributed by atoms with E-state index in [1.54, 1.807) is 12.1 Å². The number of morpholine rings is 1. The summed E-state index contributed by atoms with van der Waals surface area (Å²) in [6.45, 7) is 7.88. The maximum absolute atomic E-state index is 12.7. The van der Waals surface area contributed by atoms with E-state index in [1.165, 1.54) is 0 Å². The summed E-state index contributed by atoms with van der Waals surface area (Å²) in [5.74, 6) is -0.0702. The second-order valence-corrected chi connectivity index (χ2v) is 7.60.